The molecule has 0 saturated carbocycles. The lowest BCUT2D eigenvalue weighted by atomic mass is 9.98. The number of hydrogen-bond donors (Lipinski definition) is 1. The maximum Gasteiger partial charge on any atom is 0.358 e. The second kappa shape index (κ2) is 9.72. The molecule has 170 valence electrons. The SMILES string of the molecule is CC/C(=N\OC)c1cc2c(c(OCc3ccccc3C(=NOC)C(=O)O)c1)OC(C)(C)C2. The van der Waals surface area contributed by atoms with Gasteiger partial charge in [-0.25, -0.2) is 4.79 Å². The van der Waals surface area contributed by atoms with Crippen molar-refractivity contribution in [1.29, 1.82) is 0 Å². The number of nitrogens with zero attached hydrogens (tertiary/aromatic N) is 2. The fourth-order valence-electron chi connectivity index (χ4n) is 3.71. The Morgan fingerprint density at radius 3 is 2.53 bits per heavy atom. The summed E-state index contributed by atoms with van der Waals surface area (Å²) in [7, 11) is 2.83. The molecule has 0 fully saturated rings. The average molecular weight is 440 g/mol. The minimum atomic E-state index is -1.18. The van der Waals surface area contributed by atoms with E-state index in [1.807, 2.05) is 32.9 Å². The lowest BCUT2D eigenvalue weighted by molar-refractivity contribution is -0.129. The molecule has 0 spiro atoms. The van der Waals surface area contributed by atoms with Gasteiger partial charge >= 0.3 is 5.97 Å². The van der Waals surface area contributed by atoms with Crippen molar-refractivity contribution in [3.63, 3.8) is 0 Å². The highest BCUT2D eigenvalue weighted by Crippen LogP contribution is 2.43. The largest absolute Gasteiger partial charge is 0.485 e. The van der Waals surface area contributed by atoms with Gasteiger partial charge < -0.3 is 24.3 Å². The minimum Gasteiger partial charge on any atom is -0.485 e. The third-order valence-corrected chi connectivity index (χ3v) is 5.04. The van der Waals surface area contributed by atoms with Crippen LogP contribution in [0.5, 0.6) is 11.5 Å². The molecule has 0 aromatic heterocycles. The van der Waals surface area contributed by atoms with Crippen LogP contribution in [0.1, 0.15) is 49.4 Å². The van der Waals surface area contributed by atoms with Crippen molar-refractivity contribution < 1.29 is 29.0 Å². The number of fused-ring (bicyclic) bond motifs is 1. The standard InChI is InChI=1S/C24H28N2O6/c1-6-19(25-29-4)16-11-17-13-24(2,3)32-22(17)20(12-16)31-14-15-9-7-8-10-18(15)21(23(27)28)26-30-5/h7-12H,6,13-14H2,1-5H3,(H,27,28)/b25-19+,26-21?. The Morgan fingerprint density at radius 2 is 1.88 bits per heavy atom. The Hall–Kier alpha value is -3.55. The first-order chi connectivity index (χ1) is 15.3. The first kappa shape index (κ1) is 23.1. The van der Waals surface area contributed by atoms with E-state index in [9.17, 15) is 9.90 Å². The molecule has 0 atom stereocenters. The summed E-state index contributed by atoms with van der Waals surface area (Å²) in [5.41, 5.74) is 3.25. The molecule has 0 radical (unpaired) electrons. The van der Waals surface area contributed by atoms with Gasteiger partial charge in [0.25, 0.3) is 0 Å². The van der Waals surface area contributed by atoms with Crippen molar-refractivity contribution in [1.82, 2.24) is 0 Å². The predicted molar refractivity (Wildman–Crippen MR) is 121 cm³/mol. The summed E-state index contributed by atoms with van der Waals surface area (Å²) in [6.45, 7) is 6.17. The van der Waals surface area contributed by atoms with Gasteiger partial charge in [-0.2, -0.15) is 0 Å². The molecule has 8 heteroatoms. The van der Waals surface area contributed by atoms with Crippen molar-refractivity contribution in [2.75, 3.05) is 14.2 Å². The normalized spacial score (nSPS) is 15.0. The molecule has 1 aliphatic heterocycles. The number of hydrogen-bond acceptors (Lipinski definition) is 7. The van der Waals surface area contributed by atoms with Gasteiger partial charge in [-0.05, 0) is 38.0 Å². The summed E-state index contributed by atoms with van der Waals surface area (Å²) in [5.74, 6) is 0.0689. The van der Waals surface area contributed by atoms with Gasteiger partial charge in [0.05, 0.1) is 5.71 Å². The zero-order chi connectivity index (χ0) is 23.3. The van der Waals surface area contributed by atoms with Crippen LogP contribution >= 0.6 is 0 Å². The molecule has 0 unspecified atom stereocenters. The van der Waals surface area contributed by atoms with E-state index in [0.717, 1.165) is 23.3 Å². The average Bonchev–Trinajstić information content (AvgIpc) is 3.08. The molecule has 32 heavy (non-hydrogen) atoms. The first-order valence-electron chi connectivity index (χ1n) is 10.3. The van der Waals surface area contributed by atoms with Gasteiger partial charge in [-0.1, -0.05) is 41.5 Å². The third kappa shape index (κ3) is 5.01. The maximum absolute atomic E-state index is 11.7. The van der Waals surface area contributed by atoms with Gasteiger partial charge in [0.15, 0.2) is 17.2 Å². The maximum atomic E-state index is 11.7. The highest BCUT2D eigenvalue weighted by Gasteiger charge is 2.33. The molecule has 0 aliphatic carbocycles. The molecule has 0 bridgehead atoms. The van der Waals surface area contributed by atoms with E-state index in [1.54, 1.807) is 18.2 Å². The molecule has 1 N–H and O–H groups in total. The van der Waals surface area contributed by atoms with Crippen LogP contribution in [0.3, 0.4) is 0 Å². The molecule has 1 aliphatic rings. The summed E-state index contributed by atoms with van der Waals surface area (Å²) < 4.78 is 12.3. The van der Waals surface area contributed by atoms with E-state index in [-0.39, 0.29) is 17.9 Å². The molecular weight excluding hydrogens is 412 g/mol. The van der Waals surface area contributed by atoms with E-state index in [2.05, 4.69) is 16.4 Å². The van der Waals surface area contributed by atoms with Crippen LogP contribution in [0, 0.1) is 0 Å². The molecule has 0 amide bonds. The van der Waals surface area contributed by atoms with Crippen LogP contribution < -0.4 is 9.47 Å². The van der Waals surface area contributed by atoms with Gasteiger partial charge in [-0.15, -0.1) is 0 Å². The number of carboxylic acids is 1. The van der Waals surface area contributed by atoms with Gasteiger partial charge in [0, 0.05) is 23.1 Å². The number of aliphatic carboxylic acids is 1. The fourth-order valence-corrected chi connectivity index (χ4v) is 3.71. The second-order valence-corrected chi connectivity index (χ2v) is 7.95. The van der Waals surface area contributed by atoms with E-state index >= 15 is 0 Å². The molecule has 2 aromatic rings. The van der Waals surface area contributed by atoms with Gasteiger partial charge in [0.1, 0.15) is 26.4 Å². The zero-order valence-electron chi connectivity index (χ0n) is 19.0. The summed E-state index contributed by atoms with van der Waals surface area (Å²) in [4.78, 5) is 21.4. The highest BCUT2D eigenvalue weighted by molar-refractivity contribution is 6.42. The summed E-state index contributed by atoms with van der Waals surface area (Å²) in [6, 6.07) is 11.0. The van der Waals surface area contributed by atoms with Gasteiger partial charge in [-0.3, -0.25) is 0 Å². The lowest BCUT2D eigenvalue weighted by Crippen LogP contribution is -2.24. The Bertz CT molecular complexity index is 1060. The quantitative estimate of drug-likeness (QED) is 0.464. The summed E-state index contributed by atoms with van der Waals surface area (Å²) >= 11 is 0. The van der Waals surface area contributed by atoms with Crippen LogP contribution in [-0.2, 0) is 27.5 Å². The molecule has 1 heterocycles. The van der Waals surface area contributed by atoms with Crippen molar-refractivity contribution >= 4 is 17.4 Å². The van der Waals surface area contributed by atoms with Crippen LogP contribution in [-0.4, -0.2) is 42.3 Å². The lowest BCUT2D eigenvalue weighted by Gasteiger charge is -2.19. The van der Waals surface area contributed by atoms with E-state index < -0.39 is 5.97 Å². The highest BCUT2D eigenvalue weighted by atomic mass is 16.6. The topological polar surface area (TPSA) is 98.9 Å². The second-order valence-electron chi connectivity index (χ2n) is 7.95. The van der Waals surface area contributed by atoms with Crippen molar-refractivity contribution in [2.24, 2.45) is 10.3 Å². The number of ether oxygens (including phenoxy) is 2. The third-order valence-electron chi connectivity index (χ3n) is 5.04. The molecule has 0 saturated heterocycles. The van der Waals surface area contributed by atoms with Crippen molar-refractivity contribution in [2.45, 2.75) is 45.8 Å². The van der Waals surface area contributed by atoms with Crippen LogP contribution in [0.4, 0.5) is 0 Å². The monoisotopic (exact) mass is 440 g/mol. The van der Waals surface area contributed by atoms with E-state index in [0.29, 0.717) is 29.0 Å². The summed E-state index contributed by atoms with van der Waals surface area (Å²) in [6.07, 6.45) is 1.42. The molecule has 8 nitrogen and oxygen atoms in total. The Morgan fingerprint density at radius 1 is 1.16 bits per heavy atom. The zero-order valence-corrected chi connectivity index (χ0v) is 19.0. The number of oxime groups is 2. The Kier molecular flexibility index (Phi) is 7.02. The minimum absolute atomic E-state index is 0.120. The number of benzene rings is 2. The number of rotatable bonds is 9. The van der Waals surface area contributed by atoms with Crippen LogP contribution in [0.15, 0.2) is 46.7 Å². The van der Waals surface area contributed by atoms with E-state index in [1.165, 1.54) is 14.2 Å². The van der Waals surface area contributed by atoms with Crippen LogP contribution in [0.25, 0.3) is 0 Å². The molecular formula is C24H28N2O6. The molecule has 2 aromatic carbocycles. The number of carbonyl (C=O) groups is 1. The molecule has 3 rings (SSSR count). The Labute approximate surface area is 187 Å². The number of carboxylic acid groups (broad SMARTS) is 1. The van der Waals surface area contributed by atoms with Crippen molar-refractivity contribution in [3.05, 3.63) is 58.7 Å². The predicted octanol–water partition coefficient (Wildman–Crippen LogP) is 4.17. The Balaban J connectivity index is 1.99. The smallest absolute Gasteiger partial charge is 0.358 e. The van der Waals surface area contributed by atoms with E-state index in [4.69, 9.17) is 19.1 Å². The van der Waals surface area contributed by atoms with Crippen molar-refractivity contribution in [3.8, 4) is 11.5 Å². The fraction of sp³-hybridized carbons (Fsp3) is 0.375. The van der Waals surface area contributed by atoms with Gasteiger partial charge in [0.2, 0.25) is 0 Å². The van der Waals surface area contributed by atoms with Crippen LogP contribution in [0.2, 0.25) is 0 Å². The summed E-state index contributed by atoms with van der Waals surface area (Å²) in [5, 5.41) is 17.3. The first-order valence-corrected chi connectivity index (χ1v) is 10.3.